The first-order valence-corrected chi connectivity index (χ1v) is 5.14. The third-order valence-corrected chi connectivity index (χ3v) is 4.40. The molecule has 2 nitrogen and oxygen atoms in total. The summed E-state index contributed by atoms with van der Waals surface area (Å²) < 4.78 is 0. The van der Waals surface area contributed by atoms with Crippen LogP contribution in [0, 0.1) is 5.92 Å². The van der Waals surface area contributed by atoms with E-state index in [1.54, 1.807) is 0 Å². The molecule has 2 bridgehead atoms. The lowest BCUT2D eigenvalue weighted by Gasteiger charge is -2.37. The summed E-state index contributed by atoms with van der Waals surface area (Å²) in [7, 11) is 2.10. The molecule has 1 heterocycles. The maximum absolute atomic E-state index is 9.66. The van der Waals surface area contributed by atoms with Gasteiger partial charge in [0.2, 0.25) is 0 Å². The summed E-state index contributed by atoms with van der Waals surface area (Å²) in [5.41, 5.74) is 0. The fourth-order valence-corrected chi connectivity index (χ4v) is 3.69. The largest absolute Gasteiger partial charge is 0.391 e. The van der Waals surface area contributed by atoms with Gasteiger partial charge in [0, 0.05) is 23.3 Å². The van der Waals surface area contributed by atoms with Gasteiger partial charge in [0.25, 0.3) is 0 Å². The minimum absolute atomic E-state index is 0.108. The van der Waals surface area contributed by atoms with Gasteiger partial charge in [0.15, 0.2) is 0 Å². The third kappa shape index (κ3) is 1.14. The Kier molecular flexibility index (Phi) is 1.98. The molecule has 2 fully saturated rings. The van der Waals surface area contributed by atoms with E-state index in [1.165, 1.54) is 12.8 Å². The molecule has 64 valence electrons. The average molecular weight is 220 g/mol. The molecular formula is C8H14BrNO. The van der Waals surface area contributed by atoms with E-state index < -0.39 is 0 Å². The summed E-state index contributed by atoms with van der Waals surface area (Å²) in [5, 5.41) is 9.66. The van der Waals surface area contributed by atoms with Gasteiger partial charge >= 0.3 is 0 Å². The molecule has 0 spiro atoms. The Labute approximate surface area is 75.7 Å². The zero-order valence-electron chi connectivity index (χ0n) is 6.70. The number of halogens is 1. The molecule has 11 heavy (non-hydrogen) atoms. The zero-order valence-corrected chi connectivity index (χ0v) is 8.29. The Balaban J connectivity index is 2.17. The van der Waals surface area contributed by atoms with Crippen LogP contribution in [0.25, 0.3) is 0 Å². The number of alkyl halides is 1. The Hall–Kier alpha value is 0.400. The molecule has 3 heteroatoms. The maximum Gasteiger partial charge on any atom is 0.0706 e. The number of piperidine rings is 1. The van der Waals surface area contributed by atoms with Crippen LogP contribution in [0.4, 0.5) is 0 Å². The topological polar surface area (TPSA) is 23.5 Å². The summed E-state index contributed by atoms with van der Waals surface area (Å²) in [6.07, 6.45) is 2.32. The molecule has 0 aromatic heterocycles. The molecule has 0 aromatic rings. The molecule has 0 amide bonds. The second kappa shape index (κ2) is 2.71. The Morgan fingerprint density at radius 1 is 1.45 bits per heavy atom. The van der Waals surface area contributed by atoms with E-state index in [4.69, 9.17) is 0 Å². The summed E-state index contributed by atoms with van der Waals surface area (Å²) in [6.45, 7) is 0.859. The molecule has 1 aliphatic heterocycles. The van der Waals surface area contributed by atoms with Gasteiger partial charge in [-0.15, -0.1) is 0 Å². The second-order valence-corrected chi connectivity index (χ2v) is 4.82. The van der Waals surface area contributed by atoms with Crippen molar-refractivity contribution in [1.82, 2.24) is 4.90 Å². The number of aliphatic hydroxyl groups excluding tert-OH is 1. The SMILES string of the molecule is CN1CC(O)C2CCC1C2Br. The van der Waals surface area contributed by atoms with Crippen LogP contribution in [0.15, 0.2) is 0 Å². The summed E-state index contributed by atoms with van der Waals surface area (Å²) >= 11 is 3.66. The quantitative estimate of drug-likeness (QED) is 0.611. The minimum Gasteiger partial charge on any atom is -0.391 e. The van der Waals surface area contributed by atoms with Crippen LogP contribution < -0.4 is 0 Å². The average Bonchev–Trinajstić information content (AvgIpc) is 2.22. The fraction of sp³-hybridized carbons (Fsp3) is 1.00. The van der Waals surface area contributed by atoms with E-state index in [2.05, 4.69) is 27.9 Å². The van der Waals surface area contributed by atoms with E-state index in [0.717, 1.165) is 6.54 Å². The molecule has 1 N–H and O–H groups in total. The lowest BCUT2D eigenvalue weighted by atomic mass is 9.96. The molecule has 4 unspecified atom stereocenters. The molecule has 1 saturated heterocycles. The van der Waals surface area contributed by atoms with Crippen molar-refractivity contribution in [1.29, 1.82) is 0 Å². The van der Waals surface area contributed by atoms with Gasteiger partial charge in [-0.25, -0.2) is 0 Å². The van der Waals surface area contributed by atoms with E-state index in [9.17, 15) is 5.11 Å². The standard InChI is InChI=1S/C8H14BrNO/c1-10-4-7(11)5-2-3-6(10)8(5)9/h5-8,11H,2-4H2,1H3. The number of β-amino-alcohol motifs (C(OH)–C–C–N with tert-alkyl or cyclic N) is 1. The van der Waals surface area contributed by atoms with Gasteiger partial charge in [-0.3, -0.25) is 4.90 Å². The van der Waals surface area contributed by atoms with Crippen molar-refractivity contribution in [3.05, 3.63) is 0 Å². The summed E-state index contributed by atoms with van der Waals surface area (Å²) in [5.74, 6) is 0.510. The highest BCUT2D eigenvalue weighted by Crippen LogP contribution is 2.40. The van der Waals surface area contributed by atoms with E-state index >= 15 is 0 Å². The van der Waals surface area contributed by atoms with Crippen molar-refractivity contribution in [3.8, 4) is 0 Å². The second-order valence-electron chi connectivity index (χ2n) is 3.76. The lowest BCUT2D eigenvalue weighted by molar-refractivity contribution is 0.0407. The number of aliphatic hydroxyl groups is 1. The van der Waals surface area contributed by atoms with Crippen molar-refractivity contribution in [3.63, 3.8) is 0 Å². The van der Waals surface area contributed by atoms with E-state index in [-0.39, 0.29) is 6.10 Å². The number of likely N-dealkylation sites (tertiary alicyclic amines) is 1. The number of hydrogen-bond donors (Lipinski definition) is 1. The van der Waals surface area contributed by atoms with E-state index in [0.29, 0.717) is 16.8 Å². The minimum atomic E-state index is -0.108. The highest BCUT2D eigenvalue weighted by molar-refractivity contribution is 9.09. The smallest absolute Gasteiger partial charge is 0.0706 e. The highest BCUT2D eigenvalue weighted by Gasteiger charge is 2.44. The first-order chi connectivity index (χ1) is 5.20. The number of likely N-dealkylation sites (N-methyl/N-ethyl adjacent to an activating group) is 1. The monoisotopic (exact) mass is 219 g/mol. The van der Waals surface area contributed by atoms with Crippen LogP contribution in [0.5, 0.6) is 0 Å². The van der Waals surface area contributed by atoms with Gasteiger partial charge in [-0.1, -0.05) is 15.9 Å². The molecule has 0 aromatic carbocycles. The molecule has 2 rings (SSSR count). The van der Waals surface area contributed by atoms with Gasteiger partial charge in [-0.05, 0) is 19.9 Å². The van der Waals surface area contributed by atoms with Gasteiger partial charge in [-0.2, -0.15) is 0 Å². The van der Waals surface area contributed by atoms with Crippen LogP contribution in [0.2, 0.25) is 0 Å². The molecule has 0 radical (unpaired) electrons. The highest BCUT2D eigenvalue weighted by atomic mass is 79.9. The Morgan fingerprint density at radius 2 is 2.18 bits per heavy atom. The van der Waals surface area contributed by atoms with Gasteiger partial charge < -0.3 is 5.11 Å². The van der Waals surface area contributed by atoms with Crippen molar-refractivity contribution >= 4 is 15.9 Å². The van der Waals surface area contributed by atoms with Crippen LogP contribution in [0.1, 0.15) is 12.8 Å². The van der Waals surface area contributed by atoms with Gasteiger partial charge in [0.05, 0.1) is 6.10 Å². The number of rotatable bonds is 0. The molecule has 1 saturated carbocycles. The van der Waals surface area contributed by atoms with Crippen molar-refractivity contribution in [2.75, 3.05) is 13.6 Å². The molecule has 1 aliphatic carbocycles. The van der Waals surface area contributed by atoms with Crippen molar-refractivity contribution in [2.45, 2.75) is 29.8 Å². The molecule has 2 aliphatic rings. The third-order valence-electron chi connectivity index (χ3n) is 3.11. The molecular weight excluding hydrogens is 206 g/mol. The zero-order chi connectivity index (χ0) is 8.01. The summed E-state index contributed by atoms with van der Waals surface area (Å²) in [4.78, 5) is 2.80. The van der Waals surface area contributed by atoms with E-state index in [1.807, 2.05) is 0 Å². The predicted molar refractivity (Wildman–Crippen MR) is 47.9 cm³/mol. The first-order valence-electron chi connectivity index (χ1n) is 4.22. The first kappa shape index (κ1) is 8.02. The predicted octanol–water partition coefficient (Wildman–Crippen LogP) is 0.835. The normalized spacial score (nSPS) is 51.5. The van der Waals surface area contributed by atoms with Crippen molar-refractivity contribution in [2.24, 2.45) is 5.92 Å². The summed E-state index contributed by atoms with van der Waals surface area (Å²) in [6, 6.07) is 0.670. The maximum atomic E-state index is 9.66. The Morgan fingerprint density at radius 3 is 2.91 bits per heavy atom. The number of nitrogens with zero attached hydrogens (tertiary/aromatic N) is 1. The van der Waals surface area contributed by atoms with Gasteiger partial charge in [0.1, 0.15) is 0 Å². The number of fused-ring (bicyclic) bond motifs is 2. The van der Waals surface area contributed by atoms with Crippen LogP contribution >= 0.6 is 15.9 Å². The fourth-order valence-electron chi connectivity index (χ4n) is 2.40. The van der Waals surface area contributed by atoms with Crippen LogP contribution in [-0.2, 0) is 0 Å². The van der Waals surface area contributed by atoms with Crippen molar-refractivity contribution < 1.29 is 5.11 Å². The van der Waals surface area contributed by atoms with Crippen LogP contribution in [-0.4, -0.2) is 40.6 Å². The lowest BCUT2D eigenvalue weighted by Crippen LogP contribution is -2.49. The van der Waals surface area contributed by atoms with Crippen LogP contribution in [0.3, 0.4) is 0 Å². The Bertz CT molecular complexity index is 148. The number of hydrogen-bond acceptors (Lipinski definition) is 2. The molecule has 4 atom stereocenters.